The van der Waals surface area contributed by atoms with E-state index >= 15 is 0 Å². The van der Waals surface area contributed by atoms with Crippen molar-refractivity contribution in [3.8, 4) is 0 Å². The van der Waals surface area contributed by atoms with E-state index in [1.54, 1.807) is 0 Å². The molecule has 1 unspecified atom stereocenters. The van der Waals surface area contributed by atoms with Gasteiger partial charge in [0.25, 0.3) is 0 Å². The van der Waals surface area contributed by atoms with Gasteiger partial charge in [0.15, 0.2) is 0 Å². The van der Waals surface area contributed by atoms with Gasteiger partial charge < -0.3 is 9.84 Å². The molecule has 1 aromatic carbocycles. The third-order valence-corrected chi connectivity index (χ3v) is 2.34. The molecule has 88 valence electrons. The van der Waals surface area contributed by atoms with Crippen molar-refractivity contribution in [3.63, 3.8) is 0 Å². The van der Waals surface area contributed by atoms with E-state index in [0.29, 0.717) is 5.56 Å². The smallest absolute Gasteiger partial charge is 0.305 e. The number of hydrogen-bond donors (Lipinski definition) is 1. The Labute approximate surface area is 97.8 Å². The zero-order valence-corrected chi connectivity index (χ0v) is 9.50. The fraction of sp³-hybridized carbons (Fsp3) is 0.364. The number of halogens is 2. The zero-order valence-electron chi connectivity index (χ0n) is 8.74. The maximum absolute atomic E-state index is 13.0. The molecule has 0 aliphatic heterocycles. The molecular weight excluding hydrogens is 235 g/mol. The summed E-state index contributed by atoms with van der Waals surface area (Å²) in [4.78, 5) is 10.8. The molecule has 0 fully saturated rings. The molecule has 0 saturated heterocycles. The molecule has 0 aliphatic carbocycles. The lowest BCUT2D eigenvalue weighted by atomic mass is 10.0. The molecule has 5 heteroatoms. The van der Waals surface area contributed by atoms with Gasteiger partial charge in [0.2, 0.25) is 0 Å². The number of ether oxygens (including phenoxy) is 1. The predicted molar refractivity (Wildman–Crippen MR) is 57.6 cm³/mol. The first-order chi connectivity index (χ1) is 7.52. The van der Waals surface area contributed by atoms with Gasteiger partial charge in [-0.1, -0.05) is 11.6 Å². The number of esters is 1. The van der Waals surface area contributed by atoms with E-state index in [0.717, 1.165) is 6.07 Å². The third-order valence-electron chi connectivity index (χ3n) is 2.12. The summed E-state index contributed by atoms with van der Waals surface area (Å²) in [5, 5.41) is 9.90. The molecule has 0 saturated carbocycles. The summed E-state index contributed by atoms with van der Waals surface area (Å²) in [7, 11) is 1.27. The molecule has 16 heavy (non-hydrogen) atoms. The fourth-order valence-electron chi connectivity index (χ4n) is 1.29. The van der Waals surface area contributed by atoms with Crippen LogP contribution >= 0.6 is 11.6 Å². The van der Waals surface area contributed by atoms with Crippen LogP contribution in [0, 0.1) is 5.82 Å². The summed E-state index contributed by atoms with van der Waals surface area (Å²) in [6.07, 6.45) is -0.676. The van der Waals surface area contributed by atoms with Crippen LogP contribution in [0.1, 0.15) is 24.5 Å². The van der Waals surface area contributed by atoms with Crippen LogP contribution in [0.2, 0.25) is 5.02 Å². The molecule has 0 aliphatic rings. The second kappa shape index (κ2) is 5.82. The molecule has 0 radical (unpaired) electrons. The summed E-state index contributed by atoms with van der Waals surface area (Å²) < 4.78 is 17.4. The number of carbonyl (C=O) groups is 1. The minimum atomic E-state index is -0.924. The van der Waals surface area contributed by atoms with Crippen molar-refractivity contribution in [2.24, 2.45) is 0 Å². The fourth-order valence-corrected chi connectivity index (χ4v) is 1.52. The van der Waals surface area contributed by atoms with Crippen molar-refractivity contribution in [3.05, 3.63) is 34.6 Å². The zero-order chi connectivity index (χ0) is 12.1. The van der Waals surface area contributed by atoms with E-state index in [4.69, 9.17) is 11.6 Å². The lowest BCUT2D eigenvalue weighted by Crippen LogP contribution is -2.05. The quantitative estimate of drug-likeness (QED) is 0.831. The number of aliphatic hydroxyl groups is 1. The van der Waals surface area contributed by atoms with Crippen molar-refractivity contribution >= 4 is 17.6 Å². The maximum Gasteiger partial charge on any atom is 0.305 e. The van der Waals surface area contributed by atoms with Crippen molar-refractivity contribution in [1.29, 1.82) is 0 Å². The molecule has 0 bridgehead atoms. The third kappa shape index (κ3) is 3.79. The van der Waals surface area contributed by atoms with Crippen molar-refractivity contribution in [2.45, 2.75) is 18.9 Å². The highest BCUT2D eigenvalue weighted by Gasteiger charge is 2.12. The minimum absolute atomic E-state index is 0.0752. The summed E-state index contributed by atoms with van der Waals surface area (Å²) in [5.74, 6) is -0.929. The number of methoxy groups -OCH3 is 1. The van der Waals surface area contributed by atoms with E-state index in [2.05, 4.69) is 4.74 Å². The van der Waals surface area contributed by atoms with E-state index in [-0.39, 0.29) is 17.9 Å². The van der Waals surface area contributed by atoms with Crippen LogP contribution in [-0.2, 0) is 9.53 Å². The Morgan fingerprint density at radius 3 is 2.81 bits per heavy atom. The molecule has 1 N–H and O–H groups in total. The molecule has 3 nitrogen and oxygen atoms in total. The molecule has 0 spiro atoms. The van der Waals surface area contributed by atoms with Crippen molar-refractivity contribution < 1.29 is 19.0 Å². The molecule has 0 heterocycles. The average Bonchev–Trinajstić information content (AvgIpc) is 2.23. The van der Waals surface area contributed by atoms with E-state index in [1.807, 2.05) is 0 Å². The Kier molecular flexibility index (Phi) is 4.71. The number of rotatable bonds is 4. The Bertz CT molecular complexity index is 361. The number of benzene rings is 1. The molecule has 0 amide bonds. The van der Waals surface area contributed by atoms with Crippen LogP contribution in [0.3, 0.4) is 0 Å². The summed E-state index contributed by atoms with van der Waals surface area (Å²) in [5.41, 5.74) is 0.355. The van der Waals surface area contributed by atoms with Crippen molar-refractivity contribution in [2.75, 3.05) is 7.11 Å². The first-order valence-corrected chi connectivity index (χ1v) is 5.11. The molecule has 0 aromatic heterocycles. The van der Waals surface area contributed by atoms with Gasteiger partial charge in [-0.3, -0.25) is 4.79 Å². The maximum atomic E-state index is 13.0. The first kappa shape index (κ1) is 12.9. The minimum Gasteiger partial charge on any atom is -0.469 e. The molecule has 1 aromatic rings. The second-order valence-corrected chi connectivity index (χ2v) is 3.77. The average molecular weight is 247 g/mol. The Hall–Kier alpha value is -1.13. The van der Waals surface area contributed by atoms with Crippen molar-refractivity contribution in [1.82, 2.24) is 0 Å². The van der Waals surface area contributed by atoms with Gasteiger partial charge in [-0.05, 0) is 30.2 Å². The highest BCUT2D eigenvalue weighted by Crippen LogP contribution is 2.23. The Balaban J connectivity index is 2.65. The van der Waals surface area contributed by atoms with Gasteiger partial charge in [-0.25, -0.2) is 4.39 Å². The SMILES string of the molecule is COC(=O)CCC(O)c1cc(F)cc(Cl)c1. The largest absolute Gasteiger partial charge is 0.469 e. The number of aliphatic hydroxyl groups excluding tert-OH is 1. The lowest BCUT2D eigenvalue weighted by molar-refractivity contribution is -0.141. The van der Waals surface area contributed by atoms with E-state index in [1.165, 1.54) is 19.2 Å². The highest BCUT2D eigenvalue weighted by atomic mass is 35.5. The normalized spacial score (nSPS) is 12.2. The van der Waals surface area contributed by atoms with Crippen LogP contribution in [0.25, 0.3) is 0 Å². The predicted octanol–water partition coefficient (Wildman–Crippen LogP) is 2.47. The molecule has 1 atom stereocenters. The van der Waals surface area contributed by atoms with Crippen LogP contribution in [0.15, 0.2) is 18.2 Å². The first-order valence-electron chi connectivity index (χ1n) is 4.74. The van der Waals surface area contributed by atoms with Gasteiger partial charge in [-0.2, -0.15) is 0 Å². The topological polar surface area (TPSA) is 46.5 Å². The summed E-state index contributed by atoms with van der Waals surface area (Å²) >= 11 is 5.64. The van der Waals surface area contributed by atoms with Crippen LogP contribution in [-0.4, -0.2) is 18.2 Å². The highest BCUT2D eigenvalue weighted by molar-refractivity contribution is 6.30. The van der Waals surface area contributed by atoms with Gasteiger partial charge in [0.05, 0.1) is 13.2 Å². The van der Waals surface area contributed by atoms with E-state index < -0.39 is 17.9 Å². The van der Waals surface area contributed by atoms with Crippen LogP contribution < -0.4 is 0 Å². The second-order valence-electron chi connectivity index (χ2n) is 3.33. The summed E-state index contributed by atoms with van der Waals surface area (Å²) in [6, 6.07) is 3.80. The lowest BCUT2D eigenvalue weighted by Gasteiger charge is -2.10. The van der Waals surface area contributed by atoms with E-state index in [9.17, 15) is 14.3 Å². The summed E-state index contributed by atoms with van der Waals surface area (Å²) in [6.45, 7) is 0. The monoisotopic (exact) mass is 246 g/mol. The molecular formula is C11H12ClFO3. The van der Waals surface area contributed by atoms with Gasteiger partial charge in [-0.15, -0.1) is 0 Å². The number of hydrogen-bond acceptors (Lipinski definition) is 3. The Morgan fingerprint density at radius 1 is 1.56 bits per heavy atom. The molecule has 1 rings (SSSR count). The van der Waals surface area contributed by atoms with Gasteiger partial charge >= 0.3 is 5.97 Å². The standard InChI is InChI=1S/C11H12ClFO3/c1-16-11(15)3-2-10(14)7-4-8(12)6-9(13)5-7/h4-6,10,14H,2-3H2,1H3. The number of carbonyl (C=O) groups excluding carboxylic acids is 1. The van der Waals surface area contributed by atoms with Crippen LogP contribution in [0.5, 0.6) is 0 Å². The Morgan fingerprint density at radius 2 is 2.25 bits per heavy atom. The van der Waals surface area contributed by atoms with Crippen LogP contribution in [0.4, 0.5) is 4.39 Å². The van der Waals surface area contributed by atoms with Gasteiger partial charge in [0, 0.05) is 11.4 Å². The van der Waals surface area contributed by atoms with Gasteiger partial charge in [0.1, 0.15) is 5.82 Å².